The molecule has 0 saturated heterocycles. The molecule has 0 unspecified atom stereocenters. The molecule has 0 heterocycles. The van der Waals surface area contributed by atoms with Crippen molar-refractivity contribution in [2.24, 2.45) is 4.99 Å². The number of aromatic carboxylic acids is 1. The molecule has 0 spiro atoms. The van der Waals surface area contributed by atoms with Crippen LogP contribution >= 0.6 is 0 Å². The minimum atomic E-state index is -0.942. The molecule has 89 valence electrons. The molecule has 0 aliphatic rings. The molecule has 3 nitrogen and oxygen atoms in total. The molecular weight excluding hydrogens is 291 g/mol. The number of hydrogen-bond acceptors (Lipinski definition) is 2. The van der Waals surface area contributed by atoms with Gasteiger partial charge in [-0.25, -0.2) is 4.79 Å². The predicted octanol–water partition coefficient (Wildman–Crippen LogP) is 3.41. The quantitative estimate of drug-likeness (QED) is 0.687. The average molecular weight is 307 g/mol. The van der Waals surface area contributed by atoms with Gasteiger partial charge < -0.3 is 11.2 Å². The van der Waals surface area contributed by atoms with Crippen molar-refractivity contribution in [3.63, 3.8) is 0 Å². The van der Waals surface area contributed by atoms with Crippen LogP contribution in [0.4, 0.5) is 5.69 Å². The molecule has 0 aliphatic heterocycles. The molecule has 0 atom stereocenters. The fourth-order valence-corrected chi connectivity index (χ4v) is 1.11. The van der Waals surface area contributed by atoms with E-state index >= 15 is 0 Å². The van der Waals surface area contributed by atoms with Gasteiger partial charge in [0.2, 0.25) is 0 Å². The van der Waals surface area contributed by atoms with Gasteiger partial charge in [0, 0.05) is 32.7 Å². The molecule has 4 heteroatoms. The number of carboxylic acids is 1. The van der Waals surface area contributed by atoms with Crippen LogP contribution in [0.5, 0.6) is 0 Å². The fraction of sp³-hybridized carbons (Fsp3) is 0.231. The Morgan fingerprint density at radius 3 is 2.53 bits per heavy atom. The second-order valence-corrected chi connectivity index (χ2v) is 2.72. The summed E-state index contributed by atoms with van der Waals surface area (Å²) in [6.07, 6.45) is 3.91. The predicted molar refractivity (Wildman–Crippen MR) is 66.5 cm³/mol. The number of carbonyl (C=O) groups is 1. The Balaban J connectivity index is 0. The summed E-state index contributed by atoms with van der Waals surface area (Å²) in [4.78, 5) is 14.8. The van der Waals surface area contributed by atoms with Crippen LogP contribution < -0.4 is 0 Å². The molecule has 0 saturated carbocycles. The molecule has 1 radical (unpaired) electrons. The Hall–Kier alpha value is -0.796. The van der Waals surface area contributed by atoms with Crippen LogP contribution in [0.15, 0.2) is 29.8 Å². The molecule has 1 rings (SSSR count). The number of benzene rings is 1. The molecule has 0 aliphatic carbocycles. The Bertz CT molecular complexity index is 400. The summed E-state index contributed by atoms with van der Waals surface area (Å²) in [6, 6.07) is 4.95. The Kier molecular flexibility index (Phi) is 11.3. The van der Waals surface area contributed by atoms with Gasteiger partial charge in [-0.2, -0.15) is 6.21 Å². The van der Waals surface area contributed by atoms with Gasteiger partial charge in [0.1, 0.15) is 0 Å². The van der Waals surface area contributed by atoms with Crippen molar-refractivity contribution in [3.05, 3.63) is 42.0 Å². The van der Waals surface area contributed by atoms with Gasteiger partial charge in [0.25, 0.3) is 0 Å². The monoisotopic (exact) mass is 307 g/mol. The van der Waals surface area contributed by atoms with E-state index in [1.807, 2.05) is 13.8 Å². The largest absolute Gasteiger partial charge is 0.478 e. The van der Waals surface area contributed by atoms with E-state index < -0.39 is 5.97 Å². The SMILES string of the molecule is C=[C-]C=Nc1cccc(C(=O)O)c1C.CC.[Y]. The van der Waals surface area contributed by atoms with E-state index in [-0.39, 0.29) is 38.3 Å². The standard InChI is InChI=1S/C11H10NO2.C2H6.Y/c1-3-7-12-10-6-4-5-9(8(10)2)11(13)14;1-2;/h4-7H,1H2,2H3,(H,13,14);1-2H3;/q-1;;. The number of nitrogens with zero attached hydrogens (tertiary/aromatic N) is 1. The third kappa shape index (κ3) is 5.90. The number of carboxylic acid groups (broad SMARTS) is 1. The minimum absolute atomic E-state index is 0. The van der Waals surface area contributed by atoms with E-state index in [1.165, 1.54) is 6.21 Å². The van der Waals surface area contributed by atoms with Crippen molar-refractivity contribution in [2.45, 2.75) is 20.8 Å². The Labute approximate surface area is 128 Å². The van der Waals surface area contributed by atoms with Gasteiger partial charge in [-0.05, 0) is 24.6 Å². The average Bonchev–Trinajstić information content (AvgIpc) is 2.30. The molecule has 1 aromatic rings. The number of allylic oxidation sites excluding steroid dienone is 1. The van der Waals surface area contributed by atoms with Crippen LogP contribution in [0.25, 0.3) is 0 Å². The van der Waals surface area contributed by atoms with E-state index in [9.17, 15) is 4.79 Å². The normalized spacial score (nSPS) is 8.88. The van der Waals surface area contributed by atoms with Crippen molar-refractivity contribution < 1.29 is 42.6 Å². The smallest absolute Gasteiger partial charge is 0.336 e. The zero-order chi connectivity index (χ0) is 12.6. The summed E-state index contributed by atoms with van der Waals surface area (Å²) in [7, 11) is 0. The molecular formula is C13H16NO2Y-. The molecule has 0 fully saturated rings. The van der Waals surface area contributed by atoms with E-state index in [0.29, 0.717) is 11.3 Å². The number of hydrogen-bond donors (Lipinski definition) is 1. The van der Waals surface area contributed by atoms with Crippen molar-refractivity contribution in [1.82, 2.24) is 0 Å². The minimum Gasteiger partial charge on any atom is -0.478 e. The van der Waals surface area contributed by atoms with Crippen molar-refractivity contribution >= 4 is 17.9 Å². The summed E-state index contributed by atoms with van der Waals surface area (Å²) >= 11 is 0. The molecule has 0 aromatic heterocycles. The van der Waals surface area contributed by atoms with E-state index in [1.54, 1.807) is 25.1 Å². The van der Waals surface area contributed by atoms with Gasteiger partial charge in [-0.15, -0.1) is 0 Å². The number of rotatable bonds is 3. The zero-order valence-electron chi connectivity index (χ0n) is 10.4. The zero-order valence-corrected chi connectivity index (χ0v) is 13.2. The van der Waals surface area contributed by atoms with Crippen LogP contribution in [0.1, 0.15) is 29.8 Å². The first-order chi connectivity index (χ1) is 7.66. The van der Waals surface area contributed by atoms with Crippen molar-refractivity contribution in [3.8, 4) is 0 Å². The number of aliphatic imine (C=N–C) groups is 1. The first-order valence-electron chi connectivity index (χ1n) is 5.05. The Morgan fingerprint density at radius 1 is 1.47 bits per heavy atom. The maximum Gasteiger partial charge on any atom is 0.336 e. The Morgan fingerprint density at radius 2 is 2.06 bits per heavy atom. The maximum absolute atomic E-state index is 10.8. The van der Waals surface area contributed by atoms with Crippen LogP contribution in [0.2, 0.25) is 0 Å². The second-order valence-electron chi connectivity index (χ2n) is 2.72. The first kappa shape index (κ1) is 18.6. The van der Waals surface area contributed by atoms with Gasteiger partial charge >= 0.3 is 5.97 Å². The summed E-state index contributed by atoms with van der Waals surface area (Å²) < 4.78 is 0. The summed E-state index contributed by atoms with van der Waals surface area (Å²) in [6.45, 7) is 9.09. The topological polar surface area (TPSA) is 49.7 Å². The van der Waals surface area contributed by atoms with Gasteiger partial charge in [0.15, 0.2) is 0 Å². The van der Waals surface area contributed by atoms with Crippen LogP contribution in [0.3, 0.4) is 0 Å². The third-order valence-corrected chi connectivity index (χ3v) is 1.83. The first-order valence-corrected chi connectivity index (χ1v) is 5.05. The fourth-order valence-electron chi connectivity index (χ4n) is 1.11. The van der Waals surface area contributed by atoms with Crippen molar-refractivity contribution in [2.75, 3.05) is 0 Å². The van der Waals surface area contributed by atoms with Gasteiger partial charge in [0.05, 0.1) is 11.3 Å². The van der Waals surface area contributed by atoms with Crippen LogP contribution in [0, 0.1) is 13.0 Å². The van der Waals surface area contributed by atoms with Crippen LogP contribution in [-0.2, 0) is 32.7 Å². The molecule has 1 aromatic carbocycles. The third-order valence-electron chi connectivity index (χ3n) is 1.83. The molecule has 0 bridgehead atoms. The summed E-state index contributed by atoms with van der Waals surface area (Å²) in [5.74, 6) is -0.942. The van der Waals surface area contributed by atoms with Gasteiger partial charge in [-0.3, -0.25) is 11.6 Å². The molecule has 17 heavy (non-hydrogen) atoms. The summed E-state index contributed by atoms with van der Waals surface area (Å²) in [5, 5.41) is 8.84. The maximum atomic E-state index is 10.8. The summed E-state index contributed by atoms with van der Waals surface area (Å²) in [5.41, 5.74) is 1.54. The van der Waals surface area contributed by atoms with E-state index in [4.69, 9.17) is 5.11 Å². The van der Waals surface area contributed by atoms with Crippen LogP contribution in [-0.4, -0.2) is 17.3 Å². The van der Waals surface area contributed by atoms with Gasteiger partial charge in [-0.1, -0.05) is 19.9 Å². The molecule has 0 amide bonds. The van der Waals surface area contributed by atoms with Crippen molar-refractivity contribution in [1.29, 1.82) is 0 Å². The second kappa shape index (κ2) is 10.4. The molecule has 1 N–H and O–H groups in total. The van der Waals surface area contributed by atoms with E-state index in [2.05, 4.69) is 17.6 Å². The van der Waals surface area contributed by atoms with E-state index in [0.717, 1.165) is 0 Å².